The fourth-order valence-corrected chi connectivity index (χ4v) is 10.4. The minimum atomic E-state index is -5.12. The highest BCUT2D eigenvalue weighted by molar-refractivity contribution is 6.12. The van der Waals surface area contributed by atoms with Gasteiger partial charge in [0.15, 0.2) is 17.5 Å². The topological polar surface area (TPSA) is 96.1 Å². The first-order valence-corrected chi connectivity index (χ1v) is 24.6. The van der Waals surface area contributed by atoms with Crippen LogP contribution in [0.4, 0.5) is 52.7 Å². The molecule has 0 fully saturated rings. The standard InChI is InChI=1S/C63H31F12N7/c64-60(65,66)41-24-39(25-42(30-41)61(67,68)69)37-16-18-47-45-10-4-6-12-51(45)81(55(47)28-37)53-20-14-34(32-76)22-49(53)58-78-57(36-8-2-1-3-9-36)79-59(80-58)50-23-35(33-77)15-21-54(50)82-52-13-7-5-11-46(52)48-19-17-38(29-56(48)82)40-26-43(62(70,71)72)31-44(27-40)63(73,74)75/h1-31H. The van der Waals surface area contributed by atoms with Gasteiger partial charge in [-0.3, -0.25) is 0 Å². The molecule has 12 rings (SSSR count). The summed E-state index contributed by atoms with van der Waals surface area (Å²) in [7, 11) is 0. The number of aromatic nitrogens is 5. The van der Waals surface area contributed by atoms with E-state index in [9.17, 15) is 63.2 Å². The molecule has 402 valence electrons. The molecule has 0 radical (unpaired) electrons. The number of para-hydroxylation sites is 2. The lowest BCUT2D eigenvalue weighted by Gasteiger charge is -2.17. The number of alkyl halides is 12. The molecule has 0 unspecified atom stereocenters. The van der Waals surface area contributed by atoms with E-state index in [-0.39, 0.29) is 74.1 Å². The summed E-state index contributed by atoms with van der Waals surface area (Å²) in [5.41, 5.74) is -3.22. The van der Waals surface area contributed by atoms with Crippen LogP contribution < -0.4 is 0 Å². The summed E-state index contributed by atoms with van der Waals surface area (Å²) in [5.74, 6) is -0.00610. The van der Waals surface area contributed by atoms with Crippen molar-refractivity contribution in [2.24, 2.45) is 0 Å². The third-order valence-corrected chi connectivity index (χ3v) is 14.1. The second-order valence-electron chi connectivity index (χ2n) is 19.1. The lowest BCUT2D eigenvalue weighted by Crippen LogP contribution is -2.11. The Kier molecular flexibility index (Phi) is 12.3. The van der Waals surface area contributed by atoms with E-state index >= 15 is 0 Å². The molecule has 3 aromatic heterocycles. The molecule has 0 saturated heterocycles. The quantitative estimate of drug-likeness (QED) is 0.148. The molecule has 0 aliphatic carbocycles. The molecule has 0 atom stereocenters. The molecule has 7 nitrogen and oxygen atoms in total. The predicted octanol–water partition coefficient (Wildman–Crippen LogP) is 18.2. The van der Waals surface area contributed by atoms with Gasteiger partial charge in [0.05, 0.1) is 79.0 Å². The number of benzene rings is 9. The molecular formula is C63H31F12N7. The van der Waals surface area contributed by atoms with Gasteiger partial charge in [-0.05, 0) is 119 Å². The summed E-state index contributed by atoms with van der Waals surface area (Å²) in [6, 6.07) is 48.0. The van der Waals surface area contributed by atoms with E-state index in [1.54, 1.807) is 112 Å². The van der Waals surface area contributed by atoms with Crippen molar-refractivity contribution in [1.29, 1.82) is 10.5 Å². The fourth-order valence-electron chi connectivity index (χ4n) is 10.4. The van der Waals surface area contributed by atoms with E-state index in [0.717, 1.165) is 0 Å². The zero-order valence-corrected chi connectivity index (χ0v) is 41.6. The number of halogens is 12. The van der Waals surface area contributed by atoms with Crippen molar-refractivity contribution in [1.82, 2.24) is 24.1 Å². The van der Waals surface area contributed by atoms with Crippen LogP contribution in [0.2, 0.25) is 0 Å². The molecule has 0 spiro atoms. The Bertz CT molecular complexity index is 4330. The lowest BCUT2D eigenvalue weighted by molar-refractivity contribution is -0.144. The normalized spacial score (nSPS) is 12.4. The number of hydrogen-bond donors (Lipinski definition) is 0. The third-order valence-electron chi connectivity index (χ3n) is 14.1. The van der Waals surface area contributed by atoms with E-state index in [0.29, 0.717) is 84.8 Å². The summed E-state index contributed by atoms with van der Waals surface area (Å²) in [6.07, 6.45) is -20.5. The highest BCUT2D eigenvalue weighted by Gasteiger charge is 2.39. The number of fused-ring (bicyclic) bond motifs is 6. The molecule has 0 N–H and O–H groups in total. The van der Waals surface area contributed by atoms with Crippen molar-refractivity contribution in [3.63, 3.8) is 0 Å². The largest absolute Gasteiger partial charge is 0.416 e. The maximum Gasteiger partial charge on any atom is 0.416 e. The minimum Gasteiger partial charge on any atom is -0.308 e. The van der Waals surface area contributed by atoms with E-state index in [4.69, 9.17) is 15.0 Å². The van der Waals surface area contributed by atoms with Crippen molar-refractivity contribution >= 4 is 43.6 Å². The first-order chi connectivity index (χ1) is 39.0. The minimum absolute atomic E-state index is 0.0140. The molecule has 0 aliphatic heterocycles. The summed E-state index contributed by atoms with van der Waals surface area (Å²) >= 11 is 0. The van der Waals surface area contributed by atoms with Crippen molar-refractivity contribution < 1.29 is 52.7 Å². The molecule has 82 heavy (non-hydrogen) atoms. The first-order valence-electron chi connectivity index (χ1n) is 24.6. The van der Waals surface area contributed by atoms with Gasteiger partial charge in [0.1, 0.15) is 0 Å². The Labute approximate surface area is 455 Å². The van der Waals surface area contributed by atoms with Gasteiger partial charge in [-0.2, -0.15) is 63.2 Å². The Morgan fingerprint density at radius 1 is 0.305 bits per heavy atom. The van der Waals surface area contributed by atoms with Crippen LogP contribution in [0.5, 0.6) is 0 Å². The van der Waals surface area contributed by atoms with Crippen molar-refractivity contribution in [3.05, 3.63) is 221 Å². The van der Waals surface area contributed by atoms with Gasteiger partial charge in [-0.1, -0.05) is 91.0 Å². The monoisotopic (exact) mass is 1110 g/mol. The highest BCUT2D eigenvalue weighted by atomic mass is 19.4. The highest BCUT2D eigenvalue weighted by Crippen LogP contribution is 2.45. The molecule has 9 aromatic carbocycles. The summed E-state index contributed by atoms with van der Waals surface area (Å²) in [6.45, 7) is 0. The maximum absolute atomic E-state index is 14.2. The van der Waals surface area contributed by atoms with Crippen molar-refractivity contribution in [2.75, 3.05) is 0 Å². The zero-order chi connectivity index (χ0) is 57.6. The average Bonchev–Trinajstić information content (AvgIpc) is 4.14. The van der Waals surface area contributed by atoms with Crippen LogP contribution in [0.25, 0.3) is 111 Å². The Balaban J connectivity index is 1.11. The molecule has 0 bridgehead atoms. The average molecular weight is 1110 g/mol. The van der Waals surface area contributed by atoms with Gasteiger partial charge in [0.2, 0.25) is 0 Å². The van der Waals surface area contributed by atoms with Gasteiger partial charge in [-0.25, -0.2) is 15.0 Å². The second-order valence-corrected chi connectivity index (χ2v) is 19.1. The van der Waals surface area contributed by atoms with Gasteiger partial charge in [0, 0.05) is 38.2 Å². The van der Waals surface area contributed by atoms with Crippen LogP contribution in [0, 0.1) is 22.7 Å². The number of rotatable bonds is 7. The van der Waals surface area contributed by atoms with Crippen molar-refractivity contribution in [2.45, 2.75) is 24.7 Å². The van der Waals surface area contributed by atoms with Gasteiger partial charge in [0.25, 0.3) is 0 Å². The Hall–Kier alpha value is -10.3. The summed E-state index contributed by atoms with van der Waals surface area (Å²) in [5, 5.41) is 23.2. The van der Waals surface area contributed by atoms with Crippen LogP contribution in [-0.4, -0.2) is 24.1 Å². The zero-order valence-electron chi connectivity index (χ0n) is 41.6. The second kappa shape index (κ2) is 19.2. The third kappa shape index (κ3) is 9.35. The molecule has 19 heteroatoms. The Morgan fingerprint density at radius 2 is 0.659 bits per heavy atom. The summed E-state index contributed by atoms with van der Waals surface area (Å²) in [4.78, 5) is 15.0. The van der Waals surface area contributed by atoms with Gasteiger partial charge in [-0.15, -0.1) is 0 Å². The number of nitriles is 2. The van der Waals surface area contributed by atoms with Crippen LogP contribution in [-0.2, 0) is 24.7 Å². The van der Waals surface area contributed by atoms with Gasteiger partial charge >= 0.3 is 24.7 Å². The SMILES string of the molecule is N#Cc1ccc(-n2c3ccccc3c3ccc(-c4cc(C(F)(F)F)cc(C(F)(F)F)c4)cc32)c(-c2nc(-c3ccccc3)nc(-c3cc(C#N)ccc3-n3c4ccccc4c4ccc(-c5cc(C(F)(F)F)cc(C(F)(F)F)c5)cc43)n2)c1. The number of nitrogens with zero attached hydrogens (tertiary/aromatic N) is 7. The van der Waals surface area contributed by atoms with E-state index in [1.165, 1.54) is 48.5 Å². The van der Waals surface area contributed by atoms with Crippen LogP contribution in [0.3, 0.4) is 0 Å². The molecule has 0 amide bonds. The van der Waals surface area contributed by atoms with Crippen LogP contribution in [0.1, 0.15) is 33.4 Å². The molecular weight excluding hydrogens is 1080 g/mol. The van der Waals surface area contributed by atoms with E-state index in [1.807, 2.05) is 0 Å². The first kappa shape index (κ1) is 52.4. The predicted molar refractivity (Wildman–Crippen MR) is 285 cm³/mol. The fraction of sp³-hybridized carbons (Fsp3) is 0.0635. The van der Waals surface area contributed by atoms with Crippen LogP contribution >= 0.6 is 0 Å². The van der Waals surface area contributed by atoms with E-state index < -0.39 is 47.0 Å². The smallest absolute Gasteiger partial charge is 0.308 e. The Morgan fingerprint density at radius 3 is 1.04 bits per heavy atom. The summed E-state index contributed by atoms with van der Waals surface area (Å²) < 4.78 is 174. The maximum atomic E-state index is 14.2. The molecule has 0 aliphatic rings. The van der Waals surface area contributed by atoms with Crippen LogP contribution in [0.15, 0.2) is 188 Å². The van der Waals surface area contributed by atoms with Gasteiger partial charge < -0.3 is 9.13 Å². The molecule has 3 heterocycles. The number of hydrogen-bond acceptors (Lipinski definition) is 5. The van der Waals surface area contributed by atoms with E-state index in [2.05, 4.69) is 12.1 Å². The molecule has 12 aromatic rings. The lowest BCUT2D eigenvalue weighted by atomic mass is 9.98. The van der Waals surface area contributed by atoms with Crippen molar-refractivity contribution in [3.8, 4) is 79.9 Å². The molecule has 0 saturated carbocycles.